The van der Waals surface area contributed by atoms with E-state index in [-0.39, 0.29) is 0 Å². The Bertz CT molecular complexity index is 2560. The van der Waals surface area contributed by atoms with Gasteiger partial charge in [-0.2, -0.15) is 0 Å². The maximum absolute atomic E-state index is 2.46. The van der Waals surface area contributed by atoms with E-state index in [0.29, 0.717) is 0 Å². The highest BCUT2D eigenvalue weighted by Gasteiger charge is 2.23. The van der Waals surface area contributed by atoms with E-state index in [1.165, 1.54) is 64.3 Å². The molecule has 0 unspecified atom stereocenters. The van der Waals surface area contributed by atoms with Crippen molar-refractivity contribution >= 4 is 59.3 Å². The van der Waals surface area contributed by atoms with E-state index in [1.54, 1.807) is 0 Å². The highest BCUT2D eigenvalue weighted by atomic mass is 32.1. The lowest BCUT2D eigenvalue weighted by Gasteiger charge is -2.30. The van der Waals surface area contributed by atoms with Crippen LogP contribution < -0.4 is 4.90 Å². The first kappa shape index (κ1) is 28.3. The van der Waals surface area contributed by atoms with Crippen molar-refractivity contribution in [2.45, 2.75) is 0 Å². The Kier molecular flexibility index (Phi) is 7.07. The smallest absolute Gasteiger partial charge is 0.0546 e. The summed E-state index contributed by atoms with van der Waals surface area (Å²) in [7, 11) is 0. The van der Waals surface area contributed by atoms with Gasteiger partial charge in [-0.3, -0.25) is 0 Å². The lowest BCUT2D eigenvalue weighted by Crippen LogP contribution is -2.12. The van der Waals surface area contributed by atoms with Gasteiger partial charge in [-0.25, -0.2) is 0 Å². The molecule has 0 N–H and O–H groups in total. The number of rotatable bonds is 6. The second-order valence-corrected chi connectivity index (χ2v) is 13.2. The summed E-state index contributed by atoms with van der Waals surface area (Å²) in [4.78, 5) is 2.46. The first-order valence-electron chi connectivity index (χ1n) is 16.4. The predicted molar refractivity (Wildman–Crippen MR) is 208 cm³/mol. The molecule has 0 amide bonds. The van der Waals surface area contributed by atoms with E-state index >= 15 is 0 Å². The van der Waals surface area contributed by atoms with E-state index in [0.717, 1.165) is 17.1 Å². The van der Waals surface area contributed by atoms with Gasteiger partial charge in [0, 0.05) is 37.1 Å². The lowest BCUT2D eigenvalue weighted by molar-refractivity contribution is 1.29. The Balaban J connectivity index is 1.37. The van der Waals surface area contributed by atoms with Crippen LogP contribution in [0.5, 0.6) is 0 Å². The van der Waals surface area contributed by atoms with Crippen LogP contribution in [0.4, 0.5) is 17.1 Å². The monoisotopic (exact) mass is 629 g/mol. The van der Waals surface area contributed by atoms with E-state index < -0.39 is 0 Å². The normalized spacial score (nSPS) is 11.3. The molecule has 0 bridgehead atoms. The zero-order chi connectivity index (χ0) is 31.9. The Morgan fingerprint density at radius 1 is 0.354 bits per heavy atom. The molecule has 0 saturated carbocycles. The minimum Gasteiger partial charge on any atom is -0.310 e. The largest absolute Gasteiger partial charge is 0.310 e. The summed E-state index contributed by atoms with van der Waals surface area (Å²) in [6.07, 6.45) is 0. The fourth-order valence-electron chi connectivity index (χ4n) is 7.03. The molecule has 226 valence electrons. The van der Waals surface area contributed by atoms with Crippen molar-refractivity contribution in [1.29, 1.82) is 0 Å². The summed E-state index contributed by atoms with van der Waals surface area (Å²) in [5.41, 5.74) is 10.6. The van der Waals surface area contributed by atoms with Gasteiger partial charge >= 0.3 is 0 Å². The number of benzene rings is 8. The number of hydrogen-bond acceptors (Lipinski definition) is 2. The van der Waals surface area contributed by atoms with Crippen LogP contribution in [0.3, 0.4) is 0 Å². The molecule has 0 fully saturated rings. The predicted octanol–water partition coefficient (Wildman–Crippen LogP) is 13.7. The molecule has 1 aromatic heterocycles. The molecule has 8 aromatic carbocycles. The van der Waals surface area contributed by atoms with Crippen LogP contribution >= 0.6 is 11.3 Å². The number of hydrogen-bond donors (Lipinski definition) is 0. The van der Waals surface area contributed by atoms with E-state index in [4.69, 9.17) is 0 Å². The van der Waals surface area contributed by atoms with Crippen molar-refractivity contribution in [3.63, 3.8) is 0 Å². The van der Waals surface area contributed by atoms with Crippen LogP contribution in [0, 0.1) is 0 Å². The summed E-state index contributed by atoms with van der Waals surface area (Å²) >= 11 is 1.86. The van der Waals surface area contributed by atoms with Crippen LogP contribution in [0.2, 0.25) is 0 Å². The molecule has 9 rings (SSSR count). The standard InChI is InChI=1S/C46H31NS/c1-3-15-33(16-4-1)38-20-9-10-22-41(38)46-39(34-17-5-2-6-18-34)23-13-24-43(46)47(36-27-26-32-14-7-8-19-35(32)30-36)37-28-29-45-42(31-37)40-21-11-12-25-44(40)48-45/h1-31H. The molecule has 0 atom stereocenters. The van der Waals surface area contributed by atoms with E-state index in [1.807, 2.05) is 11.3 Å². The molecule has 2 heteroatoms. The Morgan fingerprint density at radius 3 is 1.75 bits per heavy atom. The number of fused-ring (bicyclic) bond motifs is 4. The van der Waals surface area contributed by atoms with Crippen LogP contribution in [0.1, 0.15) is 0 Å². The fourth-order valence-corrected chi connectivity index (χ4v) is 8.12. The molecule has 0 radical (unpaired) electrons. The zero-order valence-corrected chi connectivity index (χ0v) is 27.1. The quantitative estimate of drug-likeness (QED) is 0.177. The lowest BCUT2D eigenvalue weighted by atomic mass is 9.87. The van der Waals surface area contributed by atoms with Crippen molar-refractivity contribution in [2.75, 3.05) is 4.90 Å². The molecule has 0 aliphatic carbocycles. The summed E-state index contributed by atoms with van der Waals surface area (Å²) in [5, 5.41) is 5.02. The highest BCUT2D eigenvalue weighted by Crippen LogP contribution is 2.49. The Labute approximate surface area is 284 Å². The summed E-state index contributed by atoms with van der Waals surface area (Å²) < 4.78 is 2.61. The van der Waals surface area contributed by atoms with Gasteiger partial charge in [0.2, 0.25) is 0 Å². The SMILES string of the molecule is c1ccc(-c2ccccc2-c2c(-c3ccccc3)cccc2N(c2ccc3ccccc3c2)c2ccc3sc4ccccc4c3c2)cc1. The van der Waals surface area contributed by atoms with Gasteiger partial charge < -0.3 is 4.90 Å². The maximum Gasteiger partial charge on any atom is 0.0546 e. The molecule has 0 aliphatic heterocycles. The van der Waals surface area contributed by atoms with Gasteiger partial charge in [0.1, 0.15) is 0 Å². The van der Waals surface area contributed by atoms with Gasteiger partial charge in [-0.1, -0.05) is 146 Å². The minimum absolute atomic E-state index is 1.12. The van der Waals surface area contributed by atoms with Gasteiger partial charge in [0.05, 0.1) is 5.69 Å². The molecule has 9 aromatic rings. The summed E-state index contributed by atoms with van der Waals surface area (Å²) in [5.74, 6) is 0. The third-order valence-corrected chi connectivity index (χ3v) is 10.4. The molecular weight excluding hydrogens is 599 g/mol. The average Bonchev–Trinajstić information content (AvgIpc) is 3.54. The second-order valence-electron chi connectivity index (χ2n) is 12.1. The molecule has 1 nitrogen and oxygen atoms in total. The molecule has 0 spiro atoms. The van der Waals surface area contributed by atoms with Crippen LogP contribution in [0.15, 0.2) is 188 Å². The molecule has 0 saturated heterocycles. The number of anilines is 3. The number of nitrogens with zero attached hydrogens (tertiary/aromatic N) is 1. The van der Waals surface area contributed by atoms with Crippen molar-refractivity contribution in [2.24, 2.45) is 0 Å². The topological polar surface area (TPSA) is 3.24 Å². The van der Waals surface area contributed by atoms with Crippen molar-refractivity contribution in [1.82, 2.24) is 0 Å². The van der Waals surface area contributed by atoms with Gasteiger partial charge in [0.25, 0.3) is 0 Å². The van der Waals surface area contributed by atoms with E-state index in [2.05, 4.69) is 193 Å². The molecule has 48 heavy (non-hydrogen) atoms. The molecule has 0 aliphatic rings. The molecular formula is C46H31NS. The third-order valence-electron chi connectivity index (χ3n) is 9.26. The minimum atomic E-state index is 1.12. The van der Waals surface area contributed by atoms with Gasteiger partial charge in [-0.15, -0.1) is 11.3 Å². The van der Waals surface area contributed by atoms with Crippen LogP contribution in [0.25, 0.3) is 64.3 Å². The third kappa shape index (κ3) is 4.95. The van der Waals surface area contributed by atoms with Gasteiger partial charge in [-0.05, 0) is 81.1 Å². The Morgan fingerprint density at radius 2 is 0.938 bits per heavy atom. The second kappa shape index (κ2) is 12.0. The average molecular weight is 630 g/mol. The first-order chi connectivity index (χ1) is 23.8. The highest BCUT2D eigenvalue weighted by molar-refractivity contribution is 7.25. The van der Waals surface area contributed by atoms with Crippen LogP contribution in [-0.4, -0.2) is 0 Å². The summed E-state index contributed by atoms with van der Waals surface area (Å²) in [6.45, 7) is 0. The summed E-state index contributed by atoms with van der Waals surface area (Å²) in [6, 6.07) is 68.3. The zero-order valence-electron chi connectivity index (χ0n) is 26.3. The number of thiophene rings is 1. The van der Waals surface area contributed by atoms with Crippen molar-refractivity contribution in [3.8, 4) is 33.4 Å². The molecule has 1 heterocycles. The van der Waals surface area contributed by atoms with Crippen molar-refractivity contribution < 1.29 is 0 Å². The Hall–Kier alpha value is -5.96. The first-order valence-corrected chi connectivity index (χ1v) is 17.2. The fraction of sp³-hybridized carbons (Fsp3) is 0. The van der Waals surface area contributed by atoms with Crippen LogP contribution in [-0.2, 0) is 0 Å². The van der Waals surface area contributed by atoms with Gasteiger partial charge in [0.15, 0.2) is 0 Å². The maximum atomic E-state index is 2.46. The van der Waals surface area contributed by atoms with Crippen molar-refractivity contribution in [3.05, 3.63) is 188 Å². The van der Waals surface area contributed by atoms with E-state index in [9.17, 15) is 0 Å².